The molecule has 3 rings (SSSR count). The molecule has 9 heteroatoms. The fourth-order valence-electron chi connectivity index (χ4n) is 2.89. The molecule has 0 unspecified atom stereocenters. The molecule has 2 aromatic heterocycles. The van der Waals surface area contributed by atoms with Crippen LogP contribution in [-0.4, -0.2) is 20.6 Å². The largest absolute Gasteiger partial charge is 0.477 e. The first-order valence-electron chi connectivity index (χ1n) is 8.52. The van der Waals surface area contributed by atoms with Gasteiger partial charge in [-0.2, -0.15) is 4.39 Å². The number of aromatic carboxylic acids is 1. The summed E-state index contributed by atoms with van der Waals surface area (Å²) in [6.07, 6.45) is 0. The highest BCUT2D eigenvalue weighted by atomic mass is 35.5. The van der Waals surface area contributed by atoms with Crippen LogP contribution in [0.2, 0.25) is 10.0 Å². The number of ether oxygens (including phenoxy) is 1. The Hall–Kier alpha value is -2.90. The van der Waals surface area contributed by atoms with Crippen LogP contribution in [0.15, 0.2) is 47.3 Å². The lowest BCUT2D eigenvalue weighted by atomic mass is 10.0. The Morgan fingerprint density at radius 3 is 2.59 bits per heavy atom. The van der Waals surface area contributed by atoms with Crippen LogP contribution in [0.3, 0.4) is 0 Å². The number of nitrogens with zero attached hydrogens (tertiary/aromatic N) is 2. The van der Waals surface area contributed by atoms with Gasteiger partial charge in [0.2, 0.25) is 11.4 Å². The first-order valence-corrected chi connectivity index (χ1v) is 9.28. The van der Waals surface area contributed by atoms with E-state index in [0.717, 1.165) is 6.07 Å². The van der Waals surface area contributed by atoms with Crippen molar-refractivity contribution in [2.45, 2.75) is 20.1 Å². The van der Waals surface area contributed by atoms with Crippen molar-refractivity contribution in [2.24, 2.45) is 0 Å². The Labute approximate surface area is 175 Å². The van der Waals surface area contributed by atoms with Crippen LogP contribution in [0.5, 0.6) is 5.88 Å². The maximum Gasteiger partial charge on any atom is 0.341 e. The molecule has 0 bridgehead atoms. The van der Waals surface area contributed by atoms with Crippen LogP contribution in [0.1, 0.15) is 23.0 Å². The smallest absolute Gasteiger partial charge is 0.341 e. The summed E-state index contributed by atoms with van der Waals surface area (Å²) in [5.74, 6) is -1.91. The van der Waals surface area contributed by atoms with Crippen molar-refractivity contribution in [3.05, 3.63) is 79.9 Å². The molecule has 0 saturated carbocycles. The minimum absolute atomic E-state index is 0.107. The number of carboxylic acid groups (broad SMARTS) is 1. The SMILES string of the molecule is CCn1c(OCc2cccc(F)n2)cc(=O)c(C(=O)O)c1-c1ccc(Cl)c(Cl)c1. The summed E-state index contributed by atoms with van der Waals surface area (Å²) < 4.78 is 20.5. The zero-order valence-electron chi connectivity index (χ0n) is 15.2. The first kappa shape index (κ1) is 20.8. The molecule has 0 radical (unpaired) electrons. The molecule has 0 fully saturated rings. The Balaban J connectivity index is 2.15. The van der Waals surface area contributed by atoms with Crippen LogP contribution < -0.4 is 10.2 Å². The van der Waals surface area contributed by atoms with Gasteiger partial charge < -0.3 is 14.4 Å². The third-order valence-electron chi connectivity index (χ3n) is 4.14. The fourth-order valence-corrected chi connectivity index (χ4v) is 3.18. The average molecular weight is 437 g/mol. The maximum atomic E-state index is 13.3. The van der Waals surface area contributed by atoms with E-state index < -0.39 is 22.9 Å². The van der Waals surface area contributed by atoms with E-state index in [9.17, 15) is 19.1 Å². The van der Waals surface area contributed by atoms with Crippen molar-refractivity contribution >= 4 is 29.2 Å². The van der Waals surface area contributed by atoms with Crippen LogP contribution in [0, 0.1) is 5.95 Å². The molecule has 0 aliphatic carbocycles. The van der Waals surface area contributed by atoms with E-state index in [1.54, 1.807) is 19.1 Å². The Kier molecular flexibility index (Phi) is 6.20. The number of carbonyl (C=O) groups is 1. The molecular formula is C20H15Cl2FN2O4. The fraction of sp³-hybridized carbons (Fsp3) is 0.150. The van der Waals surface area contributed by atoms with Gasteiger partial charge in [-0.3, -0.25) is 4.79 Å². The number of hydrogen-bond donors (Lipinski definition) is 1. The zero-order valence-corrected chi connectivity index (χ0v) is 16.7. The van der Waals surface area contributed by atoms with Gasteiger partial charge in [0, 0.05) is 18.2 Å². The number of aromatic nitrogens is 2. The number of carboxylic acids is 1. The maximum absolute atomic E-state index is 13.3. The number of pyridine rings is 2. The number of hydrogen-bond acceptors (Lipinski definition) is 4. The van der Waals surface area contributed by atoms with Gasteiger partial charge in [-0.15, -0.1) is 0 Å². The quantitative estimate of drug-likeness (QED) is 0.568. The molecule has 150 valence electrons. The van der Waals surface area contributed by atoms with Crippen LogP contribution in [0.25, 0.3) is 11.3 Å². The summed E-state index contributed by atoms with van der Waals surface area (Å²) in [5.41, 5.74) is -0.302. The van der Waals surface area contributed by atoms with E-state index in [-0.39, 0.29) is 23.2 Å². The molecule has 1 N–H and O–H groups in total. The predicted molar refractivity (Wildman–Crippen MR) is 107 cm³/mol. The first-order chi connectivity index (χ1) is 13.8. The predicted octanol–water partition coefficient (Wildman–Crippen LogP) is 4.65. The standard InChI is InChI=1S/C20H15Cl2FN2O4/c1-2-25-17(29-10-12-4-3-5-16(23)24-12)9-15(26)18(20(27)28)19(25)11-6-7-13(21)14(22)8-11/h3-9H,2,10H2,1H3,(H,27,28). The minimum atomic E-state index is -1.38. The average Bonchev–Trinajstić information content (AvgIpc) is 2.67. The second kappa shape index (κ2) is 8.63. The molecule has 29 heavy (non-hydrogen) atoms. The van der Waals surface area contributed by atoms with Crippen LogP contribution >= 0.6 is 23.2 Å². The van der Waals surface area contributed by atoms with Gasteiger partial charge in [-0.25, -0.2) is 9.78 Å². The van der Waals surface area contributed by atoms with Crippen LogP contribution in [-0.2, 0) is 13.2 Å². The lowest BCUT2D eigenvalue weighted by Crippen LogP contribution is -2.22. The lowest BCUT2D eigenvalue weighted by Gasteiger charge is -2.20. The third kappa shape index (κ3) is 4.41. The van der Waals surface area contributed by atoms with Crippen molar-refractivity contribution in [1.29, 1.82) is 0 Å². The Bertz CT molecular complexity index is 1150. The molecule has 1 aromatic carbocycles. The Morgan fingerprint density at radius 2 is 1.97 bits per heavy atom. The normalized spacial score (nSPS) is 10.8. The van der Waals surface area contributed by atoms with Gasteiger partial charge in [0.05, 0.1) is 21.4 Å². The van der Waals surface area contributed by atoms with E-state index in [0.29, 0.717) is 22.8 Å². The van der Waals surface area contributed by atoms with Gasteiger partial charge in [0.25, 0.3) is 0 Å². The molecule has 0 aliphatic rings. The topological polar surface area (TPSA) is 81.4 Å². The highest BCUT2D eigenvalue weighted by Gasteiger charge is 2.23. The molecule has 0 atom stereocenters. The number of halogens is 3. The third-order valence-corrected chi connectivity index (χ3v) is 4.88. The lowest BCUT2D eigenvalue weighted by molar-refractivity contribution is 0.0695. The number of benzene rings is 1. The van der Waals surface area contributed by atoms with Gasteiger partial charge in [0.15, 0.2) is 5.88 Å². The summed E-state index contributed by atoms with van der Waals surface area (Å²) in [4.78, 5) is 28.1. The summed E-state index contributed by atoms with van der Waals surface area (Å²) in [7, 11) is 0. The molecule has 0 saturated heterocycles. The molecule has 6 nitrogen and oxygen atoms in total. The minimum Gasteiger partial charge on any atom is -0.477 e. The van der Waals surface area contributed by atoms with Crippen molar-refractivity contribution in [1.82, 2.24) is 9.55 Å². The summed E-state index contributed by atoms with van der Waals surface area (Å²) in [5, 5.41) is 10.1. The van der Waals surface area contributed by atoms with E-state index in [4.69, 9.17) is 27.9 Å². The van der Waals surface area contributed by atoms with Gasteiger partial charge in [-0.05, 0) is 31.2 Å². The number of rotatable bonds is 6. The monoisotopic (exact) mass is 436 g/mol. The van der Waals surface area contributed by atoms with Gasteiger partial charge in [-0.1, -0.05) is 35.3 Å². The summed E-state index contributed by atoms with van der Waals surface area (Å²) in [6.45, 7) is 1.96. The molecular weight excluding hydrogens is 422 g/mol. The van der Waals surface area contributed by atoms with E-state index in [1.807, 2.05) is 0 Å². The summed E-state index contributed by atoms with van der Waals surface area (Å²) in [6, 6.07) is 9.92. The van der Waals surface area contributed by atoms with Crippen LogP contribution in [0.4, 0.5) is 4.39 Å². The highest BCUT2D eigenvalue weighted by molar-refractivity contribution is 6.42. The van der Waals surface area contributed by atoms with E-state index in [2.05, 4.69) is 4.98 Å². The van der Waals surface area contributed by atoms with Gasteiger partial charge in [0.1, 0.15) is 12.2 Å². The van der Waals surface area contributed by atoms with E-state index >= 15 is 0 Å². The molecule has 2 heterocycles. The van der Waals surface area contributed by atoms with Gasteiger partial charge >= 0.3 is 5.97 Å². The molecule has 0 spiro atoms. The van der Waals surface area contributed by atoms with Crippen molar-refractivity contribution in [3.8, 4) is 17.1 Å². The molecule has 0 amide bonds. The molecule has 3 aromatic rings. The zero-order chi connectivity index (χ0) is 21.1. The Morgan fingerprint density at radius 1 is 1.21 bits per heavy atom. The van der Waals surface area contributed by atoms with Crippen molar-refractivity contribution < 1.29 is 19.0 Å². The second-order valence-electron chi connectivity index (χ2n) is 5.99. The highest BCUT2D eigenvalue weighted by Crippen LogP contribution is 2.32. The van der Waals surface area contributed by atoms with E-state index in [1.165, 1.54) is 28.8 Å². The molecule has 0 aliphatic heterocycles. The van der Waals surface area contributed by atoms with Crippen molar-refractivity contribution in [2.75, 3.05) is 0 Å². The summed E-state index contributed by atoms with van der Waals surface area (Å²) >= 11 is 12.0. The second-order valence-corrected chi connectivity index (χ2v) is 6.80. The van der Waals surface area contributed by atoms with Crippen molar-refractivity contribution in [3.63, 3.8) is 0 Å².